The minimum absolute atomic E-state index is 0.0425. The van der Waals surface area contributed by atoms with E-state index in [9.17, 15) is 4.79 Å². The summed E-state index contributed by atoms with van der Waals surface area (Å²) >= 11 is 0. The Kier molecular flexibility index (Phi) is 4.75. The third-order valence-electron chi connectivity index (χ3n) is 4.34. The average molecular weight is 279 g/mol. The normalized spacial score (nSPS) is 19.2. The number of hydrogen-bond donors (Lipinski definition) is 0. The molecule has 0 spiro atoms. The lowest BCUT2D eigenvalue weighted by Crippen LogP contribution is -2.50. The molecule has 1 aromatic rings. The first-order valence-corrected chi connectivity index (χ1v) is 7.37. The van der Waals surface area contributed by atoms with Gasteiger partial charge >= 0.3 is 0 Å². The van der Waals surface area contributed by atoms with Gasteiger partial charge in [-0.1, -0.05) is 5.21 Å². The fourth-order valence-corrected chi connectivity index (χ4v) is 2.66. The summed E-state index contributed by atoms with van der Waals surface area (Å²) in [5, 5.41) is 7.93. The van der Waals surface area contributed by atoms with E-state index < -0.39 is 0 Å². The van der Waals surface area contributed by atoms with Crippen LogP contribution in [0.2, 0.25) is 0 Å². The van der Waals surface area contributed by atoms with E-state index in [-0.39, 0.29) is 18.0 Å². The largest absolute Gasteiger partial charge is 0.342 e. The molecule has 2 rings (SSSR count). The molecule has 1 aliphatic heterocycles. The van der Waals surface area contributed by atoms with Crippen LogP contribution in [0.3, 0.4) is 0 Å². The summed E-state index contributed by atoms with van der Waals surface area (Å²) in [4.78, 5) is 16.5. The topological polar surface area (TPSA) is 54.3 Å². The number of hydrogen-bond acceptors (Lipinski definition) is 4. The Bertz CT molecular complexity index is 423. The molecule has 0 aliphatic carbocycles. The van der Waals surface area contributed by atoms with Gasteiger partial charge < -0.3 is 4.90 Å². The molecular weight excluding hydrogens is 254 g/mol. The van der Waals surface area contributed by atoms with Crippen LogP contribution in [-0.4, -0.2) is 62.9 Å². The standard InChI is InChI=1S/C14H25N5O/c1-11(2)17(4)14(20)12(3)18-8-5-13(6-9-18)19-10-7-15-16-19/h7,10-13H,5-6,8-9H2,1-4H3. The molecule has 1 aliphatic rings. The van der Waals surface area contributed by atoms with Crippen molar-refractivity contribution in [3.8, 4) is 0 Å². The average Bonchev–Trinajstić information content (AvgIpc) is 2.99. The fourth-order valence-electron chi connectivity index (χ4n) is 2.66. The van der Waals surface area contributed by atoms with Gasteiger partial charge in [0.1, 0.15) is 0 Å². The summed E-state index contributed by atoms with van der Waals surface area (Å²) in [6.45, 7) is 7.97. The highest BCUT2D eigenvalue weighted by Gasteiger charge is 2.29. The minimum Gasteiger partial charge on any atom is -0.342 e. The number of nitrogens with zero attached hydrogens (tertiary/aromatic N) is 5. The van der Waals surface area contributed by atoms with E-state index in [1.165, 1.54) is 0 Å². The van der Waals surface area contributed by atoms with Crippen LogP contribution < -0.4 is 0 Å². The summed E-state index contributed by atoms with van der Waals surface area (Å²) in [5.74, 6) is 0.208. The van der Waals surface area contributed by atoms with Crippen molar-refractivity contribution < 1.29 is 4.79 Å². The van der Waals surface area contributed by atoms with Crippen LogP contribution in [0.25, 0.3) is 0 Å². The SMILES string of the molecule is CC(C(=O)N(C)C(C)C)N1CCC(n2ccnn2)CC1. The molecule has 1 fully saturated rings. The minimum atomic E-state index is -0.0425. The van der Waals surface area contributed by atoms with Gasteiger partial charge in [-0.2, -0.15) is 0 Å². The van der Waals surface area contributed by atoms with E-state index in [1.807, 2.05) is 43.6 Å². The Morgan fingerprint density at radius 3 is 2.45 bits per heavy atom. The molecule has 0 aromatic carbocycles. The zero-order chi connectivity index (χ0) is 14.7. The monoisotopic (exact) mass is 279 g/mol. The molecule has 0 bridgehead atoms. The Balaban J connectivity index is 1.88. The molecule has 6 nitrogen and oxygen atoms in total. The molecule has 1 atom stereocenters. The molecule has 6 heteroatoms. The molecule has 0 saturated carbocycles. The van der Waals surface area contributed by atoms with Crippen LogP contribution >= 0.6 is 0 Å². The Labute approximate surface area is 120 Å². The number of piperidine rings is 1. The molecule has 0 radical (unpaired) electrons. The Morgan fingerprint density at radius 2 is 1.95 bits per heavy atom. The number of amides is 1. The summed E-state index contributed by atoms with van der Waals surface area (Å²) in [6, 6.07) is 0.621. The van der Waals surface area contributed by atoms with Crippen LogP contribution in [0, 0.1) is 0 Å². The lowest BCUT2D eigenvalue weighted by atomic mass is 10.0. The summed E-state index contributed by atoms with van der Waals surface area (Å²) in [6.07, 6.45) is 5.68. The number of carbonyl (C=O) groups excluding carboxylic acids is 1. The molecule has 20 heavy (non-hydrogen) atoms. The Hall–Kier alpha value is -1.43. The van der Waals surface area contributed by atoms with Crippen molar-refractivity contribution >= 4 is 5.91 Å². The number of likely N-dealkylation sites (N-methyl/N-ethyl adjacent to an activating group) is 1. The second-order valence-electron chi connectivity index (χ2n) is 5.87. The second-order valence-corrected chi connectivity index (χ2v) is 5.87. The third kappa shape index (κ3) is 3.17. The first-order chi connectivity index (χ1) is 9.50. The maximum atomic E-state index is 12.4. The number of rotatable bonds is 4. The van der Waals surface area contributed by atoms with E-state index in [1.54, 1.807) is 6.20 Å². The smallest absolute Gasteiger partial charge is 0.239 e. The van der Waals surface area contributed by atoms with Crippen LogP contribution in [-0.2, 0) is 4.79 Å². The van der Waals surface area contributed by atoms with Crippen LogP contribution in [0.15, 0.2) is 12.4 Å². The lowest BCUT2D eigenvalue weighted by Gasteiger charge is -2.37. The first kappa shape index (κ1) is 15.0. The van der Waals surface area contributed by atoms with Gasteiger partial charge in [-0.25, -0.2) is 4.68 Å². The predicted octanol–water partition coefficient (Wildman–Crippen LogP) is 1.17. The molecule has 1 amide bonds. The van der Waals surface area contributed by atoms with E-state index in [0.29, 0.717) is 6.04 Å². The van der Waals surface area contributed by atoms with Crippen LogP contribution in [0.5, 0.6) is 0 Å². The molecule has 1 aromatic heterocycles. The van der Waals surface area contributed by atoms with E-state index >= 15 is 0 Å². The molecule has 112 valence electrons. The van der Waals surface area contributed by atoms with Crippen molar-refractivity contribution in [1.29, 1.82) is 0 Å². The van der Waals surface area contributed by atoms with Gasteiger partial charge in [0.25, 0.3) is 0 Å². The van der Waals surface area contributed by atoms with Crippen molar-refractivity contribution in [2.24, 2.45) is 0 Å². The van der Waals surface area contributed by atoms with Crippen molar-refractivity contribution in [1.82, 2.24) is 24.8 Å². The second kappa shape index (κ2) is 6.35. The quantitative estimate of drug-likeness (QED) is 0.830. The van der Waals surface area contributed by atoms with Gasteiger partial charge in [0.2, 0.25) is 5.91 Å². The molecule has 0 N–H and O–H groups in total. The van der Waals surface area contributed by atoms with Gasteiger partial charge in [-0.05, 0) is 33.6 Å². The highest BCUT2D eigenvalue weighted by Crippen LogP contribution is 2.23. The lowest BCUT2D eigenvalue weighted by molar-refractivity contribution is -0.137. The summed E-state index contributed by atoms with van der Waals surface area (Å²) in [5.41, 5.74) is 0. The Morgan fingerprint density at radius 1 is 1.30 bits per heavy atom. The van der Waals surface area contributed by atoms with Crippen molar-refractivity contribution in [3.05, 3.63) is 12.4 Å². The predicted molar refractivity (Wildman–Crippen MR) is 77.2 cm³/mol. The van der Waals surface area contributed by atoms with Gasteiger partial charge in [0.15, 0.2) is 0 Å². The van der Waals surface area contributed by atoms with Crippen molar-refractivity contribution in [3.63, 3.8) is 0 Å². The van der Waals surface area contributed by atoms with Gasteiger partial charge in [0.05, 0.1) is 18.3 Å². The highest BCUT2D eigenvalue weighted by atomic mass is 16.2. The number of carbonyl (C=O) groups is 1. The van der Waals surface area contributed by atoms with Gasteiger partial charge in [-0.3, -0.25) is 9.69 Å². The zero-order valence-electron chi connectivity index (χ0n) is 12.9. The summed E-state index contributed by atoms with van der Waals surface area (Å²) < 4.78 is 1.93. The molecule has 2 heterocycles. The highest BCUT2D eigenvalue weighted by molar-refractivity contribution is 5.81. The van der Waals surface area contributed by atoms with Gasteiger partial charge in [-0.15, -0.1) is 5.10 Å². The fraction of sp³-hybridized carbons (Fsp3) is 0.786. The van der Waals surface area contributed by atoms with E-state index in [2.05, 4.69) is 15.2 Å². The first-order valence-electron chi connectivity index (χ1n) is 7.37. The maximum absolute atomic E-state index is 12.4. The van der Waals surface area contributed by atoms with Crippen molar-refractivity contribution in [2.75, 3.05) is 20.1 Å². The molecule has 1 unspecified atom stereocenters. The van der Waals surface area contributed by atoms with E-state index in [0.717, 1.165) is 25.9 Å². The number of aromatic nitrogens is 3. The zero-order valence-corrected chi connectivity index (χ0v) is 12.9. The molecular formula is C14H25N5O. The molecule has 1 saturated heterocycles. The van der Waals surface area contributed by atoms with Crippen LogP contribution in [0.1, 0.15) is 39.7 Å². The van der Waals surface area contributed by atoms with Crippen LogP contribution in [0.4, 0.5) is 0 Å². The van der Waals surface area contributed by atoms with Gasteiger partial charge in [0, 0.05) is 32.4 Å². The van der Waals surface area contributed by atoms with E-state index in [4.69, 9.17) is 0 Å². The number of likely N-dealkylation sites (tertiary alicyclic amines) is 1. The maximum Gasteiger partial charge on any atom is 0.239 e. The third-order valence-corrected chi connectivity index (χ3v) is 4.34. The van der Waals surface area contributed by atoms with Crippen molar-refractivity contribution in [2.45, 2.75) is 51.7 Å². The summed E-state index contributed by atoms with van der Waals surface area (Å²) in [7, 11) is 1.88.